The minimum Gasteiger partial charge on any atom is -0.364 e. The van der Waals surface area contributed by atoms with Gasteiger partial charge in [-0.2, -0.15) is 5.10 Å². The Kier molecular flexibility index (Phi) is 3.77. The van der Waals surface area contributed by atoms with E-state index in [-0.39, 0.29) is 11.9 Å². The molecule has 112 valence electrons. The first-order valence-electron chi connectivity index (χ1n) is 7.43. The van der Waals surface area contributed by atoms with E-state index in [0.717, 1.165) is 37.1 Å². The molecule has 0 N–H and O–H groups in total. The van der Waals surface area contributed by atoms with E-state index in [1.54, 1.807) is 4.68 Å². The second-order valence-corrected chi connectivity index (χ2v) is 5.49. The normalized spacial score (nSPS) is 19.0. The van der Waals surface area contributed by atoms with Crippen molar-refractivity contribution in [3.63, 3.8) is 0 Å². The van der Waals surface area contributed by atoms with Crippen molar-refractivity contribution >= 4 is 5.91 Å². The number of aromatic nitrogens is 3. The molecule has 0 saturated carbocycles. The van der Waals surface area contributed by atoms with Gasteiger partial charge in [0.25, 0.3) is 5.91 Å². The lowest BCUT2D eigenvalue weighted by Crippen LogP contribution is -2.38. The van der Waals surface area contributed by atoms with Crippen molar-refractivity contribution in [1.29, 1.82) is 0 Å². The monoisotopic (exact) mass is 288 g/mol. The van der Waals surface area contributed by atoms with Crippen LogP contribution in [0.15, 0.2) is 23.2 Å². The number of hydrogen-bond donors (Lipinski definition) is 0. The van der Waals surface area contributed by atoms with Crippen LogP contribution in [0, 0.1) is 0 Å². The van der Waals surface area contributed by atoms with Gasteiger partial charge in [0, 0.05) is 25.4 Å². The number of rotatable bonds is 3. The summed E-state index contributed by atoms with van der Waals surface area (Å²) in [6.45, 7) is 2.75. The van der Waals surface area contributed by atoms with E-state index >= 15 is 0 Å². The minimum absolute atomic E-state index is 0.0154. The average molecular weight is 288 g/mol. The maximum atomic E-state index is 12.8. The Labute approximate surface area is 123 Å². The molecule has 3 rings (SSSR count). The highest BCUT2D eigenvalue weighted by Crippen LogP contribution is 2.32. The van der Waals surface area contributed by atoms with Gasteiger partial charge in [0.05, 0.1) is 17.9 Å². The van der Waals surface area contributed by atoms with Crippen molar-refractivity contribution in [3.05, 3.63) is 35.5 Å². The van der Waals surface area contributed by atoms with Crippen LogP contribution in [0.5, 0.6) is 0 Å². The molecular formula is C15H20N4O2. The van der Waals surface area contributed by atoms with Gasteiger partial charge in [-0.1, -0.05) is 12.1 Å². The topological polar surface area (TPSA) is 64.2 Å². The third-order valence-corrected chi connectivity index (χ3v) is 4.08. The Morgan fingerprint density at radius 3 is 3.05 bits per heavy atom. The van der Waals surface area contributed by atoms with Gasteiger partial charge in [0.15, 0.2) is 0 Å². The molecule has 1 fully saturated rings. The van der Waals surface area contributed by atoms with E-state index in [1.807, 2.05) is 31.3 Å². The molecule has 21 heavy (non-hydrogen) atoms. The van der Waals surface area contributed by atoms with Crippen LogP contribution in [0.3, 0.4) is 0 Å². The van der Waals surface area contributed by atoms with Crippen molar-refractivity contribution in [3.8, 4) is 0 Å². The zero-order valence-electron chi connectivity index (χ0n) is 12.5. The molecule has 2 aromatic heterocycles. The molecule has 6 nitrogen and oxygen atoms in total. The molecule has 2 aromatic rings. The second kappa shape index (κ2) is 5.71. The van der Waals surface area contributed by atoms with Crippen molar-refractivity contribution < 1.29 is 9.32 Å². The molecule has 1 saturated heterocycles. The predicted octanol–water partition coefficient (Wildman–Crippen LogP) is 2.34. The molecule has 1 atom stereocenters. The van der Waals surface area contributed by atoms with Gasteiger partial charge in [0.2, 0.25) is 0 Å². The van der Waals surface area contributed by atoms with Crippen molar-refractivity contribution in [2.75, 3.05) is 6.54 Å². The third-order valence-electron chi connectivity index (χ3n) is 4.08. The molecule has 0 radical (unpaired) electrons. The maximum absolute atomic E-state index is 12.8. The molecule has 0 bridgehead atoms. The van der Waals surface area contributed by atoms with Crippen molar-refractivity contribution in [1.82, 2.24) is 19.8 Å². The number of carbonyl (C=O) groups is 1. The minimum atomic E-state index is 0.0154. The molecule has 0 aromatic carbocycles. The van der Waals surface area contributed by atoms with Crippen LogP contribution in [-0.4, -0.2) is 32.3 Å². The zero-order chi connectivity index (χ0) is 14.8. The lowest BCUT2D eigenvalue weighted by Gasteiger charge is -2.35. The van der Waals surface area contributed by atoms with Crippen LogP contribution >= 0.6 is 0 Å². The molecular weight excluding hydrogens is 268 g/mol. The van der Waals surface area contributed by atoms with E-state index < -0.39 is 0 Å². The third kappa shape index (κ3) is 2.57. The Morgan fingerprint density at radius 2 is 2.33 bits per heavy atom. The first-order chi connectivity index (χ1) is 10.2. The number of piperidine rings is 1. The largest absolute Gasteiger partial charge is 0.364 e. The van der Waals surface area contributed by atoms with Gasteiger partial charge in [-0.15, -0.1) is 0 Å². The molecule has 6 heteroatoms. The number of likely N-dealkylation sites (tertiary alicyclic amines) is 1. The van der Waals surface area contributed by atoms with Crippen LogP contribution in [0.25, 0.3) is 0 Å². The molecule has 3 heterocycles. The predicted molar refractivity (Wildman–Crippen MR) is 76.7 cm³/mol. The number of hydrogen-bond acceptors (Lipinski definition) is 4. The molecule has 0 spiro atoms. The summed E-state index contributed by atoms with van der Waals surface area (Å²) in [4.78, 5) is 14.8. The zero-order valence-corrected chi connectivity index (χ0v) is 12.5. The van der Waals surface area contributed by atoms with Crippen LogP contribution in [0.2, 0.25) is 0 Å². The van der Waals surface area contributed by atoms with E-state index in [1.165, 1.54) is 6.26 Å². The standard InChI is InChI=1S/C15H20N4O2/c1-3-13-12(10-21-17-13)15(20)19-7-5-4-6-14(19)11-8-16-18(2)9-11/h8-10,14H,3-7H2,1-2H3. The highest BCUT2D eigenvalue weighted by atomic mass is 16.5. The summed E-state index contributed by atoms with van der Waals surface area (Å²) >= 11 is 0. The maximum Gasteiger partial charge on any atom is 0.259 e. The van der Waals surface area contributed by atoms with Crippen LogP contribution in [0.1, 0.15) is 53.8 Å². The molecule has 1 amide bonds. The van der Waals surface area contributed by atoms with Gasteiger partial charge in [0.1, 0.15) is 11.8 Å². The lowest BCUT2D eigenvalue weighted by molar-refractivity contribution is 0.0610. The first-order valence-corrected chi connectivity index (χ1v) is 7.43. The molecule has 1 aliphatic rings. The van der Waals surface area contributed by atoms with Crippen LogP contribution in [-0.2, 0) is 13.5 Å². The molecule has 1 unspecified atom stereocenters. The van der Waals surface area contributed by atoms with Crippen molar-refractivity contribution in [2.45, 2.75) is 38.6 Å². The summed E-state index contributed by atoms with van der Waals surface area (Å²) < 4.78 is 6.76. The van der Waals surface area contributed by atoms with E-state index in [4.69, 9.17) is 4.52 Å². The van der Waals surface area contributed by atoms with E-state index in [0.29, 0.717) is 12.0 Å². The summed E-state index contributed by atoms with van der Waals surface area (Å²) in [5, 5.41) is 8.14. The van der Waals surface area contributed by atoms with Gasteiger partial charge in [-0.05, 0) is 25.7 Å². The summed E-state index contributed by atoms with van der Waals surface area (Å²) in [5.74, 6) is 0.0154. The fourth-order valence-corrected chi connectivity index (χ4v) is 2.98. The molecule has 0 aliphatic carbocycles. The summed E-state index contributed by atoms with van der Waals surface area (Å²) in [5.41, 5.74) is 2.42. The van der Waals surface area contributed by atoms with Gasteiger partial charge in [-0.3, -0.25) is 9.48 Å². The fraction of sp³-hybridized carbons (Fsp3) is 0.533. The number of amides is 1. The van der Waals surface area contributed by atoms with Crippen LogP contribution in [0.4, 0.5) is 0 Å². The van der Waals surface area contributed by atoms with E-state index in [2.05, 4.69) is 10.3 Å². The smallest absolute Gasteiger partial charge is 0.259 e. The number of carbonyl (C=O) groups excluding carboxylic acids is 1. The van der Waals surface area contributed by atoms with E-state index in [9.17, 15) is 4.79 Å². The highest BCUT2D eigenvalue weighted by Gasteiger charge is 2.31. The SMILES string of the molecule is CCc1nocc1C(=O)N1CCCCC1c1cnn(C)c1. The summed E-state index contributed by atoms with van der Waals surface area (Å²) in [6, 6.07) is 0.0968. The second-order valence-electron chi connectivity index (χ2n) is 5.49. The summed E-state index contributed by atoms with van der Waals surface area (Å²) in [6.07, 6.45) is 9.15. The Morgan fingerprint density at radius 1 is 1.48 bits per heavy atom. The first kappa shape index (κ1) is 13.9. The quantitative estimate of drug-likeness (QED) is 0.869. The van der Waals surface area contributed by atoms with Gasteiger partial charge >= 0.3 is 0 Å². The van der Waals surface area contributed by atoms with Gasteiger partial charge < -0.3 is 9.42 Å². The van der Waals surface area contributed by atoms with Crippen molar-refractivity contribution in [2.24, 2.45) is 7.05 Å². The fourth-order valence-electron chi connectivity index (χ4n) is 2.98. The average Bonchev–Trinajstić information content (AvgIpc) is 3.15. The molecule has 1 aliphatic heterocycles. The number of aryl methyl sites for hydroxylation is 2. The Hall–Kier alpha value is -2.11. The number of nitrogens with zero attached hydrogens (tertiary/aromatic N) is 4. The van der Waals surface area contributed by atoms with Gasteiger partial charge in [-0.25, -0.2) is 0 Å². The highest BCUT2D eigenvalue weighted by molar-refractivity contribution is 5.95. The summed E-state index contributed by atoms with van der Waals surface area (Å²) in [7, 11) is 1.90. The van der Waals surface area contributed by atoms with Crippen LogP contribution < -0.4 is 0 Å². The lowest BCUT2D eigenvalue weighted by atomic mass is 9.96. The Bertz CT molecular complexity index is 631. The Balaban J connectivity index is 1.89.